The van der Waals surface area contributed by atoms with Crippen molar-refractivity contribution in [2.24, 2.45) is 5.14 Å². The maximum absolute atomic E-state index is 13.9. The number of aromatic nitrogens is 1. The predicted octanol–water partition coefficient (Wildman–Crippen LogP) is 2.04. The molecular weight excluding hydrogens is 281 g/mol. The van der Waals surface area contributed by atoms with Gasteiger partial charge in [-0.3, -0.25) is 4.98 Å². The average Bonchev–Trinajstić information content (AvgIpc) is 2.41. The molecule has 0 bridgehead atoms. The van der Waals surface area contributed by atoms with E-state index in [-0.39, 0.29) is 16.6 Å². The Bertz CT molecular complexity index is 705. The lowest BCUT2D eigenvalue weighted by Gasteiger charge is -2.15. The number of primary sulfonamides is 1. The van der Waals surface area contributed by atoms with Gasteiger partial charge in [0.2, 0.25) is 10.0 Å². The van der Waals surface area contributed by atoms with E-state index in [4.69, 9.17) is 5.14 Å². The molecule has 5 nitrogen and oxygen atoms in total. The highest BCUT2D eigenvalue weighted by molar-refractivity contribution is 7.89. The average molecular weight is 295 g/mol. The maximum Gasteiger partial charge on any atom is 0.238 e. The molecule has 0 aliphatic carbocycles. The van der Waals surface area contributed by atoms with E-state index < -0.39 is 15.8 Å². The fourth-order valence-corrected chi connectivity index (χ4v) is 2.25. The first-order valence-corrected chi connectivity index (χ1v) is 7.42. The molecule has 0 saturated carbocycles. The summed E-state index contributed by atoms with van der Waals surface area (Å²) >= 11 is 0. The second-order valence-corrected chi connectivity index (χ2v) is 5.87. The van der Waals surface area contributed by atoms with Crippen molar-refractivity contribution in [2.75, 3.05) is 5.32 Å². The monoisotopic (exact) mass is 295 g/mol. The van der Waals surface area contributed by atoms with Crippen LogP contribution in [0.2, 0.25) is 0 Å². The Hall–Kier alpha value is -1.99. The highest BCUT2D eigenvalue weighted by atomic mass is 32.2. The zero-order valence-corrected chi connectivity index (χ0v) is 11.6. The van der Waals surface area contributed by atoms with Crippen LogP contribution in [-0.4, -0.2) is 13.4 Å². The molecule has 2 rings (SSSR count). The van der Waals surface area contributed by atoms with Crippen molar-refractivity contribution in [1.82, 2.24) is 4.98 Å². The van der Waals surface area contributed by atoms with E-state index in [1.54, 1.807) is 12.3 Å². The zero-order valence-electron chi connectivity index (χ0n) is 10.7. The summed E-state index contributed by atoms with van der Waals surface area (Å²) in [4.78, 5) is 3.90. The van der Waals surface area contributed by atoms with E-state index in [2.05, 4.69) is 10.3 Å². The lowest BCUT2D eigenvalue weighted by molar-refractivity contribution is 0.592. The molecule has 0 aliphatic rings. The van der Waals surface area contributed by atoms with Crippen LogP contribution in [0.3, 0.4) is 0 Å². The summed E-state index contributed by atoms with van der Waals surface area (Å²) in [5.74, 6) is -0.681. The van der Waals surface area contributed by atoms with Crippen molar-refractivity contribution < 1.29 is 12.8 Å². The summed E-state index contributed by atoms with van der Waals surface area (Å²) in [5, 5.41) is 7.88. The smallest absolute Gasteiger partial charge is 0.238 e. The molecule has 1 aromatic heterocycles. The van der Waals surface area contributed by atoms with Crippen LogP contribution in [0.25, 0.3) is 0 Å². The number of pyridine rings is 1. The molecule has 1 unspecified atom stereocenters. The van der Waals surface area contributed by atoms with Gasteiger partial charge in [0.05, 0.1) is 22.3 Å². The molecule has 0 radical (unpaired) electrons. The molecule has 20 heavy (non-hydrogen) atoms. The second kappa shape index (κ2) is 5.56. The fourth-order valence-electron chi connectivity index (χ4n) is 1.73. The Balaban J connectivity index is 2.23. The van der Waals surface area contributed by atoms with Crippen molar-refractivity contribution >= 4 is 15.7 Å². The quantitative estimate of drug-likeness (QED) is 0.904. The van der Waals surface area contributed by atoms with E-state index >= 15 is 0 Å². The number of hydrogen-bond acceptors (Lipinski definition) is 4. The standard InChI is InChI=1S/C13H14FN3O2S/c1-9(12-4-2-3-7-16-12)17-13-6-5-10(8-11(13)14)20(15,18)19/h2-9,17H,1H3,(H2,15,18,19). The molecule has 1 heterocycles. The summed E-state index contributed by atoms with van der Waals surface area (Å²) < 4.78 is 36.1. The van der Waals surface area contributed by atoms with Crippen LogP contribution < -0.4 is 10.5 Å². The number of sulfonamides is 1. The van der Waals surface area contributed by atoms with Crippen molar-refractivity contribution in [1.29, 1.82) is 0 Å². The third-order valence-corrected chi connectivity index (χ3v) is 3.68. The summed E-state index contributed by atoms with van der Waals surface area (Å²) in [5.41, 5.74) is 0.943. The van der Waals surface area contributed by atoms with E-state index in [9.17, 15) is 12.8 Å². The molecule has 106 valence electrons. The first-order valence-electron chi connectivity index (χ1n) is 5.88. The van der Waals surface area contributed by atoms with Gasteiger partial charge in [-0.05, 0) is 37.3 Å². The topological polar surface area (TPSA) is 85.1 Å². The first kappa shape index (κ1) is 14.4. The molecule has 2 aromatic rings. The molecule has 3 N–H and O–H groups in total. The van der Waals surface area contributed by atoms with Crippen LogP contribution in [0.4, 0.5) is 10.1 Å². The minimum Gasteiger partial charge on any atom is -0.375 e. The van der Waals surface area contributed by atoms with E-state index in [0.29, 0.717) is 0 Å². The molecule has 0 aliphatic heterocycles. The van der Waals surface area contributed by atoms with Crippen molar-refractivity contribution in [2.45, 2.75) is 17.9 Å². The molecule has 0 spiro atoms. The first-order chi connectivity index (χ1) is 9.38. The number of benzene rings is 1. The normalized spacial score (nSPS) is 12.9. The molecule has 0 saturated heterocycles. The summed E-state index contributed by atoms with van der Waals surface area (Å²) in [6.45, 7) is 1.83. The zero-order chi connectivity index (χ0) is 14.8. The van der Waals surface area contributed by atoms with Crippen LogP contribution in [0.1, 0.15) is 18.7 Å². The van der Waals surface area contributed by atoms with Gasteiger partial charge in [-0.1, -0.05) is 6.07 Å². The Labute approximate surface area is 116 Å². The Kier molecular flexibility index (Phi) is 4.01. The van der Waals surface area contributed by atoms with Crippen LogP contribution in [0, 0.1) is 5.82 Å². The number of nitrogens with two attached hydrogens (primary N) is 1. The van der Waals surface area contributed by atoms with E-state index in [1.165, 1.54) is 12.1 Å². The SMILES string of the molecule is CC(Nc1ccc(S(N)(=O)=O)cc1F)c1ccccn1. The van der Waals surface area contributed by atoms with Gasteiger partial charge in [0.1, 0.15) is 5.82 Å². The predicted molar refractivity (Wildman–Crippen MR) is 74.0 cm³/mol. The van der Waals surface area contributed by atoms with E-state index in [1.807, 2.05) is 19.1 Å². The summed E-state index contributed by atoms with van der Waals surface area (Å²) in [7, 11) is -3.90. The number of nitrogens with zero attached hydrogens (tertiary/aromatic N) is 1. The van der Waals surface area contributed by atoms with Gasteiger partial charge in [0.25, 0.3) is 0 Å². The molecule has 1 aromatic carbocycles. The van der Waals surface area contributed by atoms with Gasteiger partial charge in [-0.25, -0.2) is 17.9 Å². The number of nitrogens with one attached hydrogen (secondary N) is 1. The number of hydrogen-bond donors (Lipinski definition) is 2. The fraction of sp³-hybridized carbons (Fsp3) is 0.154. The van der Waals surface area contributed by atoms with Crippen LogP contribution in [-0.2, 0) is 10.0 Å². The highest BCUT2D eigenvalue weighted by Crippen LogP contribution is 2.22. The minimum absolute atomic E-state index is 0.190. The van der Waals surface area contributed by atoms with Crippen molar-refractivity contribution in [3.8, 4) is 0 Å². The number of halogens is 1. The molecule has 0 amide bonds. The minimum atomic E-state index is -3.90. The Morgan fingerprint density at radius 1 is 1.30 bits per heavy atom. The van der Waals surface area contributed by atoms with Crippen LogP contribution in [0.15, 0.2) is 47.5 Å². The summed E-state index contributed by atoms with van der Waals surface area (Å²) in [6, 6.07) is 8.71. The second-order valence-electron chi connectivity index (χ2n) is 4.31. The van der Waals surface area contributed by atoms with Gasteiger partial charge in [-0.15, -0.1) is 0 Å². The van der Waals surface area contributed by atoms with Gasteiger partial charge < -0.3 is 5.32 Å². The third-order valence-electron chi connectivity index (χ3n) is 2.77. The molecule has 1 atom stereocenters. The number of anilines is 1. The van der Waals surface area contributed by atoms with Crippen molar-refractivity contribution in [3.05, 3.63) is 54.1 Å². The Morgan fingerprint density at radius 3 is 2.60 bits per heavy atom. The maximum atomic E-state index is 13.9. The van der Waals surface area contributed by atoms with Gasteiger partial charge in [-0.2, -0.15) is 0 Å². The van der Waals surface area contributed by atoms with Gasteiger partial charge >= 0.3 is 0 Å². The van der Waals surface area contributed by atoms with Gasteiger partial charge in [0, 0.05) is 6.20 Å². The third kappa shape index (κ3) is 3.31. The van der Waals surface area contributed by atoms with E-state index in [0.717, 1.165) is 11.8 Å². The molecular formula is C13H14FN3O2S. The molecule has 7 heteroatoms. The largest absolute Gasteiger partial charge is 0.375 e. The van der Waals surface area contributed by atoms with Crippen LogP contribution >= 0.6 is 0 Å². The lowest BCUT2D eigenvalue weighted by atomic mass is 10.2. The lowest BCUT2D eigenvalue weighted by Crippen LogP contribution is -2.13. The summed E-state index contributed by atoms with van der Waals surface area (Å²) in [6.07, 6.45) is 1.65. The van der Waals surface area contributed by atoms with Crippen molar-refractivity contribution in [3.63, 3.8) is 0 Å². The van der Waals surface area contributed by atoms with Crippen LogP contribution in [0.5, 0.6) is 0 Å². The Morgan fingerprint density at radius 2 is 2.05 bits per heavy atom. The number of rotatable bonds is 4. The van der Waals surface area contributed by atoms with Gasteiger partial charge in [0.15, 0.2) is 0 Å². The highest BCUT2D eigenvalue weighted by Gasteiger charge is 2.13. The molecule has 0 fully saturated rings.